The number of pyridine rings is 1. The molecule has 0 aliphatic carbocycles. The summed E-state index contributed by atoms with van der Waals surface area (Å²) >= 11 is 3.25. The van der Waals surface area contributed by atoms with E-state index < -0.39 is 0 Å². The fraction of sp³-hybridized carbons (Fsp3) is 0.500. The maximum absolute atomic E-state index is 12.1. The summed E-state index contributed by atoms with van der Waals surface area (Å²) in [6.45, 7) is 7.72. The normalized spacial score (nSPS) is 10.6. The lowest BCUT2D eigenvalue weighted by Crippen LogP contribution is -2.34. The molecule has 0 spiro atoms. The van der Waals surface area contributed by atoms with Crippen LogP contribution in [0, 0.1) is 5.92 Å². The third kappa shape index (κ3) is 3.59. The van der Waals surface area contributed by atoms with Crippen molar-refractivity contribution in [2.45, 2.75) is 20.8 Å². The molecule has 0 aromatic carbocycles. The van der Waals surface area contributed by atoms with E-state index >= 15 is 0 Å². The molecule has 1 aromatic rings. The van der Waals surface area contributed by atoms with Crippen molar-refractivity contribution >= 4 is 21.8 Å². The summed E-state index contributed by atoms with van der Waals surface area (Å²) in [5, 5.41) is 0. The Hall–Kier alpha value is -0.900. The van der Waals surface area contributed by atoms with Gasteiger partial charge in [-0.1, -0.05) is 13.8 Å². The van der Waals surface area contributed by atoms with Gasteiger partial charge in [0.15, 0.2) is 0 Å². The van der Waals surface area contributed by atoms with Crippen LogP contribution in [0.1, 0.15) is 31.1 Å². The number of halogens is 1. The van der Waals surface area contributed by atoms with Crippen molar-refractivity contribution in [2.75, 3.05) is 13.1 Å². The summed E-state index contributed by atoms with van der Waals surface area (Å²) in [7, 11) is 0. The molecule has 1 aromatic heterocycles. The Morgan fingerprint density at radius 1 is 1.50 bits per heavy atom. The molecule has 16 heavy (non-hydrogen) atoms. The molecule has 1 amide bonds. The van der Waals surface area contributed by atoms with Crippen LogP contribution >= 0.6 is 15.9 Å². The lowest BCUT2D eigenvalue weighted by molar-refractivity contribution is 0.0745. The number of hydrogen-bond acceptors (Lipinski definition) is 2. The zero-order chi connectivity index (χ0) is 12.1. The molecule has 0 radical (unpaired) electrons. The van der Waals surface area contributed by atoms with Gasteiger partial charge in [-0.2, -0.15) is 0 Å². The molecule has 0 aliphatic rings. The molecular formula is C12H17BrN2O. The molecule has 4 heteroatoms. The largest absolute Gasteiger partial charge is 0.339 e. The summed E-state index contributed by atoms with van der Waals surface area (Å²) in [5.74, 6) is 0.531. The minimum Gasteiger partial charge on any atom is -0.339 e. The Kier molecular flexibility index (Phi) is 4.93. The number of nitrogens with zero attached hydrogens (tertiary/aromatic N) is 2. The van der Waals surface area contributed by atoms with Crippen LogP contribution < -0.4 is 0 Å². The van der Waals surface area contributed by atoms with Crippen LogP contribution in [0.2, 0.25) is 0 Å². The van der Waals surface area contributed by atoms with E-state index in [9.17, 15) is 4.79 Å². The van der Waals surface area contributed by atoms with Crippen LogP contribution in [0.15, 0.2) is 22.9 Å². The third-order valence-corrected chi connectivity index (χ3v) is 2.70. The summed E-state index contributed by atoms with van der Waals surface area (Å²) < 4.78 is 0.746. The van der Waals surface area contributed by atoms with Crippen molar-refractivity contribution in [1.82, 2.24) is 9.88 Å². The summed E-state index contributed by atoms with van der Waals surface area (Å²) in [5.41, 5.74) is 0.644. The van der Waals surface area contributed by atoms with Gasteiger partial charge in [0.25, 0.3) is 5.91 Å². The predicted octanol–water partition coefficient (Wildman–Crippen LogP) is 2.96. The van der Waals surface area contributed by atoms with Gasteiger partial charge in [0.1, 0.15) is 4.60 Å². The lowest BCUT2D eigenvalue weighted by atomic mass is 10.2. The van der Waals surface area contributed by atoms with Crippen LogP contribution in [-0.2, 0) is 0 Å². The third-order valence-electron chi connectivity index (χ3n) is 2.23. The van der Waals surface area contributed by atoms with Crippen molar-refractivity contribution in [2.24, 2.45) is 5.92 Å². The summed E-state index contributed by atoms with van der Waals surface area (Å²) in [6.07, 6.45) is 1.61. The maximum atomic E-state index is 12.1. The van der Waals surface area contributed by atoms with Gasteiger partial charge in [0, 0.05) is 19.3 Å². The van der Waals surface area contributed by atoms with Gasteiger partial charge in [-0.25, -0.2) is 4.98 Å². The molecule has 3 nitrogen and oxygen atoms in total. The molecular weight excluding hydrogens is 268 g/mol. The second-order valence-electron chi connectivity index (χ2n) is 4.11. The molecule has 0 fully saturated rings. The van der Waals surface area contributed by atoms with E-state index in [0.29, 0.717) is 11.5 Å². The van der Waals surface area contributed by atoms with E-state index in [2.05, 4.69) is 34.8 Å². The first-order chi connectivity index (χ1) is 7.54. The van der Waals surface area contributed by atoms with E-state index in [1.165, 1.54) is 0 Å². The SMILES string of the molecule is CCN(CC(C)C)C(=O)c1ccc(Br)nc1. The summed E-state index contributed by atoms with van der Waals surface area (Å²) in [6, 6.07) is 3.58. The first-order valence-electron chi connectivity index (χ1n) is 5.45. The first kappa shape index (κ1) is 13.2. The first-order valence-corrected chi connectivity index (χ1v) is 6.24. The van der Waals surface area contributed by atoms with Crippen LogP contribution in [0.4, 0.5) is 0 Å². The molecule has 88 valence electrons. The molecule has 0 aliphatic heterocycles. The molecule has 1 heterocycles. The Balaban J connectivity index is 2.78. The van der Waals surface area contributed by atoms with E-state index in [1.54, 1.807) is 18.3 Å². The number of aromatic nitrogens is 1. The average Bonchev–Trinajstić information content (AvgIpc) is 2.25. The summed E-state index contributed by atoms with van der Waals surface area (Å²) in [4.78, 5) is 18.0. The molecule has 0 unspecified atom stereocenters. The van der Waals surface area contributed by atoms with Crippen LogP contribution in [-0.4, -0.2) is 28.9 Å². The van der Waals surface area contributed by atoms with Crippen LogP contribution in [0.3, 0.4) is 0 Å². The monoisotopic (exact) mass is 284 g/mol. The van der Waals surface area contributed by atoms with E-state index in [-0.39, 0.29) is 5.91 Å². The van der Waals surface area contributed by atoms with Gasteiger partial charge in [-0.3, -0.25) is 4.79 Å². The zero-order valence-corrected chi connectivity index (χ0v) is 11.5. The van der Waals surface area contributed by atoms with Gasteiger partial charge in [0.2, 0.25) is 0 Å². The molecule has 0 saturated heterocycles. The van der Waals surface area contributed by atoms with E-state index in [0.717, 1.165) is 17.7 Å². The molecule has 1 rings (SSSR count). The van der Waals surface area contributed by atoms with E-state index in [1.807, 2.05) is 11.8 Å². The van der Waals surface area contributed by atoms with Crippen molar-refractivity contribution in [3.63, 3.8) is 0 Å². The number of hydrogen-bond donors (Lipinski definition) is 0. The number of carbonyl (C=O) groups excluding carboxylic acids is 1. The van der Waals surface area contributed by atoms with Gasteiger partial charge in [0.05, 0.1) is 5.56 Å². The van der Waals surface area contributed by atoms with Crippen molar-refractivity contribution < 1.29 is 4.79 Å². The van der Waals surface area contributed by atoms with Crippen LogP contribution in [0.5, 0.6) is 0 Å². The second-order valence-corrected chi connectivity index (χ2v) is 4.92. The minimum atomic E-state index is 0.0520. The fourth-order valence-corrected chi connectivity index (χ4v) is 1.72. The fourth-order valence-electron chi connectivity index (χ4n) is 1.48. The van der Waals surface area contributed by atoms with Crippen molar-refractivity contribution in [3.8, 4) is 0 Å². The molecule has 0 bridgehead atoms. The minimum absolute atomic E-state index is 0.0520. The van der Waals surface area contributed by atoms with Gasteiger partial charge in [-0.15, -0.1) is 0 Å². The highest BCUT2D eigenvalue weighted by atomic mass is 79.9. The van der Waals surface area contributed by atoms with Crippen LogP contribution in [0.25, 0.3) is 0 Å². The Morgan fingerprint density at radius 3 is 2.62 bits per heavy atom. The standard InChI is InChI=1S/C12H17BrN2O/c1-4-15(8-9(2)3)12(16)10-5-6-11(13)14-7-10/h5-7,9H,4,8H2,1-3H3. The molecule has 0 N–H and O–H groups in total. The number of carbonyl (C=O) groups is 1. The van der Waals surface area contributed by atoms with Gasteiger partial charge < -0.3 is 4.90 Å². The topological polar surface area (TPSA) is 33.2 Å². The number of rotatable bonds is 4. The smallest absolute Gasteiger partial charge is 0.255 e. The quantitative estimate of drug-likeness (QED) is 0.797. The van der Waals surface area contributed by atoms with E-state index in [4.69, 9.17) is 0 Å². The Labute approximate surface area is 105 Å². The Bertz CT molecular complexity index is 349. The highest BCUT2D eigenvalue weighted by Crippen LogP contribution is 2.10. The number of amides is 1. The van der Waals surface area contributed by atoms with Gasteiger partial charge >= 0.3 is 0 Å². The van der Waals surface area contributed by atoms with Crippen molar-refractivity contribution in [3.05, 3.63) is 28.5 Å². The van der Waals surface area contributed by atoms with Crippen molar-refractivity contribution in [1.29, 1.82) is 0 Å². The zero-order valence-electron chi connectivity index (χ0n) is 9.90. The maximum Gasteiger partial charge on any atom is 0.255 e. The lowest BCUT2D eigenvalue weighted by Gasteiger charge is -2.22. The molecule has 0 atom stereocenters. The Morgan fingerprint density at radius 2 is 2.19 bits per heavy atom. The average molecular weight is 285 g/mol. The predicted molar refractivity (Wildman–Crippen MR) is 68.4 cm³/mol. The molecule has 0 saturated carbocycles. The highest BCUT2D eigenvalue weighted by Gasteiger charge is 2.15. The highest BCUT2D eigenvalue weighted by molar-refractivity contribution is 9.10. The van der Waals surface area contributed by atoms with Gasteiger partial charge in [-0.05, 0) is 40.9 Å². The second kappa shape index (κ2) is 5.99.